The molecule has 128 valence electrons. The second kappa shape index (κ2) is 6.67. The number of hydrogen-bond acceptors (Lipinski definition) is 4. The summed E-state index contributed by atoms with van der Waals surface area (Å²) in [5.41, 5.74) is 0.871. The maximum atomic E-state index is 12.8. The van der Waals surface area contributed by atoms with E-state index in [4.69, 9.17) is 5.26 Å². The van der Waals surface area contributed by atoms with Crippen LogP contribution in [0.1, 0.15) is 53.5 Å². The van der Waals surface area contributed by atoms with Crippen LogP contribution in [0.2, 0.25) is 0 Å². The van der Waals surface area contributed by atoms with Gasteiger partial charge in [0.1, 0.15) is 17.6 Å². The Labute approximate surface area is 147 Å². The molecule has 0 N–H and O–H groups in total. The molecule has 1 atom stereocenters. The normalized spacial score (nSPS) is 20.3. The predicted octanol–water partition coefficient (Wildman–Crippen LogP) is 2.58. The SMILES string of the molecule is N#Cc1ccc(C(=O)N2CCC[C@H](c3nccn3CC3CC3)C2)cn1. The summed E-state index contributed by atoms with van der Waals surface area (Å²) >= 11 is 0. The fourth-order valence-electron chi connectivity index (χ4n) is 3.56. The highest BCUT2D eigenvalue weighted by Gasteiger charge is 2.29. The van der Waals surface area contributed by atoms with Crippen molar-refractivity contribution >= 4 is 5.91 Å². The third-order valence-corrected chi connectivity index (χ3v) is 5.10. The Balaban J connectivity index is 1.47. The number of carbonyl (C=O) groups excluding carboxylic acids is 1. The Bertz CT molecular complexity index is 800. The quantitative estimate of drug-likeness (QED) is 0.860. The molecule has 6 nitrogen and oxygen atoms in total. The summed E-state index contributed by atoms with van der Waals surface area (Å²) < 4.78 is 2.28. The molecule has 2 aliphatic rings. The largest absolute Gasteiger partial charge is 0.338 e. The van der Waals surface area contributed by atoms with Crippen LogP contribution in [0.3, 0.4) is 0 Å². The highest BCUT2D eigenvalue weighted by molar-refractivity contribution is 5.94. The van der Waals surface area contributed by atoms with Gasteiger partial charge >= 0.3 is 0 Å². The second-order valence-corrected chi connectivity index (χ2v) is 7.02. The Kier molecular flexibility index (Phi) is 4.22. The lowest BCUT2D eigenvalue weighted by molar-refractivity contribution is 0.0702. The van der Waals surface area contributed by atoms with Gasteiger partial charge in [-0.3, -0.25) is 4.79 Å². The first-order chi connectivity index (χ1) is 12.2. The van der Waals surface area contributed by atoms with Crippen LogP contribution in [0.15, 0.2) is 30.7 Å². The number of hydrogen-bond donors (Lipinski definition) is 0. The minimum atomic E-state index is -0.0120. The number of imidazole rings is 1. The summed E-state index contributed by atoms with van der Waals surface area (Å²) in [6.07, 6.45) is 10.1. The van der Waals surface area contributed by atoms with Gasteiger partial charge in [0.05, 0.1) is 5.56 Å². The number of piperidine rings is 1. The van der Waals surface area contributed by atoms with Crippen molar-refractivity contribution in [3.63, 3.8) is 0 Å². The molecule has 1 aliphatic carbocycles. The van der Waals surface area contributed by atoms with Gasteiger partial charge in [-0.1, -0.05) is 0 Å². The van der Waals surface area contributed by atoms with Gasteiger partial charge in [-0.15, -0.1) is 0 Å². The fourth-order valence-corrected chi connectivity index (χ4v) is 3.56. The topological polar surface area (TPSA) is 74.8 Å². The van der Waals surface area contributed by atoms with Crippen molar-refractivity contribution in [1.29, 1.82) is 5.26 Å². The van der Waals surface area contributed by atoms with Crippen LogP contribution in [-0.2, 0) is 6.54 Å². The highest BCUT2D eigenvalue weighted by Crippen LogP contribution is 2.33. The lowest BCUT2D eigenvalue weighted by Crippen LogP contribution is -2.39. The van der Waals surface area contributed by atoms with Crippen molar-refractivity contribution in [3.05, 3.63) is 47.8 Å². The molecule has 1 amide bonds. The van der Waals surface area contributed by atoms with Crippen molar-refractivity contribution in [2.75, 3.05) is 13.1 Å². The van der Waals surface area contributed by atoms with E-state index in [1.54, 1.807) is 12.1 Å². The third-order valence-electron chi connectivity index (χ3n) is 5.10. The van der Waals surface area contributed by atoms with E-state index >= 15 is 0 Å². The van der Waals surface area contributed by atoms with Crippen molar-refractivity contribution in [3.8, 4) is 6.07 Å². The highest BCUT2D eigenvalue weighted by atomic mass is 16.2. The molecule has 6 heteroatoms. The van der Waals surface area contributed by atoms with E-state index in [2.05, 4.69) is 20.7 Å². The van der Waals surface area contributed by atoms with Crippen molar-refractivity contribution in [2.24, 2.45) is 5.92 Å². The molecule has 2 aromatic rings. The molecule has 0 aromatic carbocycles. The minimum absolute atomic E-state index is 0.0120. The zero-order chi connectivity index (χ0) is 17.2. The van der Waals surface area contributed by atoms with E-state index in [1.165, 1.54) is 19.0 Å². The zero-order valence-electron chi connectivity index (χ0n) is 14.1. The van der Waals surface area contributed by atoms with Crippen LogP contribution >= 0.6 is 0 Å². The van der Waals surface area contributed by atoms with E-state index < -0.39 is 0 Å². The lowest BCUT2D eigenvalue weighted by atomic mass is 9.96. The van der Waals surface area contributed by atoms with Gasteiger partial charge in [-0.05, 0) is 43.7 Å². The van der Waals surface area contributed by atoms with Crippen molar-refractivity contribution in [1.82, 2.24) is 19.4 Å². The zero-order valence-corrected chi connectivity index (χ0v) is 14.1. The smallest absolute Gasteiger partial charge is 0.255 e. The van der Waals surface area contributed by atoms with Gasteiger partial charge in [0.25, 0.3) is 5.91 Å². The predicted molar refractivity (Wildman–Crippen MR) is 91.8 cm³/mol. The molecule has 1 saturated carbocycles. The van der Waals surface area contributed by atoms with Gasteiger partial charge < -0.3 is 9.47 Å². The summed E-state index contributed by atoms with van der Waals surface area (Å²) in [5, 5.41) is 8.83. The number of nitrogens with zero attached hydrogens (tertiary/aromatic N) is 5. The summed E-state index contributed by atoms with van der Waals surface area (Å²) in [6.45, 7) is 2.51. The molecule has 25 heavy (non-hydrogen) atoms. The Morgan fingerprint density at radius 3 is 2.88 bits per heavy atom. The van der Waals surface area contributed by atoms with Crippen LogP contribution in [0.5, 0.6) is 0 Å². The standard InChI is InChI=1S/C19H21N5O/c20-10-17-6-5-15(11-22-17)19(25)24-8-1-2-16(13-24)18-21-7-9-23(18)12-14-3-4-14/h5-7,9,11,14,16H,1-4,8,12-13H2/t16-/m0/s1. The first kappa shape index (κ1) is 15.8. The van der Waals surface area contributed by atoms with Gasteiger partial charge in [-0.2, -0.15) is 5.26 Å². The molecule has 0 bridgehead atoms. The molecule has 0 spiro atoms. The minimum Gasteiger partial charge on any atom is -0.338 e. The van der Waals surface area contributed by atoms with Gasteiger partial charge in [0.2, 0.25) is 0 Å². The van der Waals surface area contributed by atoms with Crippen LogP contribution in [0.4, 0.5) is 0 Å². The number of aromatic nitrogens is 3. The summed E-state index contributed by atoms with van der Waals surface area (Å²) in [4.78, 5) is 23.3. The van der Waals surface area contributed by atoms with Crippen LogP contribution < -0.4 is 0 Å². The molecule has 1 aliphatic heterocycles. The molecular weight excluding hydrogens is 314 g/mol. The molecule has 0 radical (unpaired) electrons. The Morgan fingerprint density at radius 1 is 1.28 bits per heavy atom. The maximum Gasteiger partial charge on any atom is 0.255 e. The van der Waals surface area contributed by atoms with Gasteiger partial charge in [-0.25, -0.2) is 9.97 Å². The number of nitriles is 1. The van der Waals surface area contributed by atoms with Gasteiger partial charge in [0.15, 0.2) is 0 Å². The van der Waals surface area contributed by atoms with E-state index in [0.717, 1.165) is 37.7 Å². The molecule has 0 unspecified atom stereocenters. The first-order valence-corrected chi connectivity index (χ1v) is 8.91. The Hall–Kier alpha value is -2.68. The second-order valence-electron chi connectivity index (χ2n) is 7.02. The van der Waals surface area contributed by atoms with Crippen LogP contribution in [0.25, 0.3) is 0 Å². The van der Waals surface area contributed by atoms with E-state index in [0.29, 0.717) is 17.8 Å². The van der Waals surface area contributed by atoms with Crippen LogP contribution in [-0.4, -0.2) is 38.4 Å². The summed E-state index contributed by atoms with van der Waals surface area (Å²) in [7, 11) is 0. The van der Waals surface area contributed by atoms with E-state index in [-0.39, 0.29) is 11.8 Å². The van der Waals surface area contributed by atoms with Crippen LogP contribution in [0, 0.1) is 17.2 Å². The van der Waals surface area contributed by atoms with Crippen molar-refractivity contribution < 1.29 is 4.79 Å². The number of pyridine rings is 1. The number of rotatable bonds is 4. The van der Waals surface area contributed by atoms with E-state index in [9.17, 15) is 4.79 Å². The van der Waals surface area contributed by atoms with E-state index in [1.807, 2.05) is 17.2 Å². The number of carbonyl (C=O) groups is 1. The number of amides is 1. The lowest BCUT2D eigenvalue weighted by Gasteiger charge is -2.32. The van der Waals surface area contributed by atoms with Gasteiger partial charge in [0, 0.05) is 44.1 Å². The third kappa shape index (κ3) is 3.41. The monoisotopic (exact) mass is 335 g/mol. The first-order valence-electron chi connectivity index (χ1n) is 8.91. The maximum absolute atomic E-state index is 12.8. The fraction of sp³-hybridized carbons (Fsp3) is 0.474. The summed E-state index contributed by atoms with van der Waals surface area (Å²) in [5.74, 6) is 2.20. The average molecular weight is 335 g/mol. The number of likely N-dealkylation sites (tertiary alicyclic amines) is 1. The molecule has 1 saturated heterocycles. The molecule has 4 rings (SSSR count). The Morgan fingerprint density at radius 2 is 2.16 bits per heavy atom. The molecule has 3 heterocycles. The molecular formula is C19H21N5O. The summed E-state index contributed by atoms with van der Waals surface area (Å²) in [6, 6.07) is 5.26. The van der Waals surface area contributed by atoms with Crippen molar-refractivity contribution in [2.45, 2.75) is 38.1 Å². The molecule has 2 fully saturated rings. The molecule has 2 aromatic heterocycles. The average Bonchev–Trinajstić information content (AvgIpc) is 3.36.